The molecule has 0 radical (unpaired) electrons. The average Bonchev–Trinajstić information content (AvgIpc) is 3.34. The number of hydrogen-bond donors (Lipinski definition) is 3. The number of aromatic nitrogens is 1. The van der Waals surface area contributed by atoms with Crippen molar-refractivity contribution < 1.29 is 37.8 Å². The lowest BCUT2D eigenvalue weighted by Crippen LogP contribution is -2.33. The monoisotopic (exact) mass is 514 g/mol. The van der Waals surface area contributed by atoms with E-state index >= 15 is 0 Å². The summed E-state index contributed by atoms with van der Waals surface area (Å²) in [5.74, 6) is -1.13. The lowest BCUT2D eigenvalue weighted by Gasteiger charge is -2.19. The number of rotatable bonds is 4. The standard InChI is InChI=1S/C18H26N4O4S.2C2H4O2/c1-10(2)22-7-15-12(18(22)23)4-11(17(20-15)26-3)5-21-6-13-14(19)9-27(24,25)16(13)8-21;2*1-2(3)4/h4,10,13-14,16H,5-9,19H2,1-3H3;2*1H3,(H,3,4)/t13-,14+,16-;;/m0../s1. The second kappa shape index (κ2) is 11.3. The molecule has 3 aliphatic rings. The molecule has 13 heteroatoms. The molecule has 0 unspecified atom stereocenters. The number of ether oxygens (including phenoxy) is 1. The smallest absolute Gasteiger partial charge is 0.300 e. The van der Waals surface area contributed by atoms with Gasteiger partial charge in [0.2, 0.25) is 5.88 Å². The van der Waals surface area contributed by atoms with Crippen molar-refractivity contribution in [3.63, 3.8) is 0 Å². The Bertz CT molecular complexity index is 1060. The van der Waals surface area contributed by atoms with Crippen LogP contribution in [-0.4, -0.2) is 94.5 Å². The predicted molar refractivity (Wildman–Crippen MR) is 127 cm³/mol. The highest BCUT2D eigenvalue weighted by Gasteiger charge is 2.50. The number of pyridine rings is 1. The van der Waals surface area contributed by atoms with E-state index in [0.717, 1.165) is 25.1 Å². The van der Waals surface area contributed by atoms with Crippen molar-refractivity contribution in [3.8, 4) is 5.88 Å². The van der Waals surface area contributed by atoms with Crippen LogP contribution in [0.1, 0.15) is 49.3 Å². The lowest BCUT2D eigenvalue weighted by molar-refractivity contribution is -0.135. The summed E-state index contributed by atoms with van der Waals surface area (Å²) in [4.78, 5) is 39.1. The van der Waals surface area contributed by atoms with Gasteiger partial charge in [-0.2, -0.15) is 0 Å². The van der Waals surface area contributed by atoms with Gasteiger partial charge in [0.05, 0.1) is 35.9 Å². The molecule has 4 rings (SSSR count). The first kappa shape index (κ1) is 28.5. The van der Waals surface area contributed by atoms with Gasteiger partial charge in [0.15, 0.2) is 9.84 Å². The molecule has 3 atom stereocenters. The number of aliphatic carboxylic acids is 2. The Hall–Kier alpha value is -2.77. The molecule has 0 bridgehead atoms. The van der Waals surface area contributed by atoms with E-state index in [1.54, 1.807) is 12.0 Å². The van der Waals surface area contributed by atoms with E-state index in [0.29, 0.717) is 37.6 Å². The van der Waals surface area contributed by atoms with Gasteiger partial charge in [-0.1, -0.05) is 0 Å². The third-order valence-electron chi connectivity index (χ3n) is 5.98. The van der Waals surface area contributed by atoms with E-state index in [9.17, 15) is 13.2 Å². The minimum atomic E-state index is -3.12. The molecule has 12 nitrogen and oxygen atoms in total. The Morgan fingerprint density at radius 2 is 1.80 bits per heavy atom. The highest BCUT2D eigenvalue weighted by molar-refractivity contribution is 7.92. The molecule has 1 amide bonds. The van der Waals surface area contributed by atoms with Crippen molar-refractivity contribution in [2.24, 2.45) is 11.7 Å². The largest absolute Gasteiger partial charge is 0.481 e. The van der Waals surface area contributed by atoms with Gasteiger partial charge in [-0.25, -0.2) is 13.4 Å². The van der Waals surface area contributed by atoms with Crippen molar-refractivity contribution in [2.45, 2.75) is 58.1 Å². The number of hydrogen-bond acceptors (Lipinski definition) is 9. The Morgan fingerprint density at radius 1 is 1.23 bits per heavy atom. The molecule has 0 aromatic carbocycles. The number of sulfone groups is 1. The maximum Gasteiger partial charge on any atom is 0.300 e. The molecule has 2 fully saturated rings. The molecule has 0 saturated carbocycles. The maximum atomic E-state index is 12.7. The van der Waals surface area contributed by atoms with Gasteiger partial charge in [0.1, 0.15) is 0 Å². The quantitative estimate of drug-likeness (QED) is 0.499. The zero-order valence-corrected chi connectivity index (χ0v) is 21.4. The van der Waals surface area contributed by atoms with E-state index in [-0.39, 0.29) is 34.9 Å². The van der Waals surface area contributed by atoms with Crippen LogP contribution in [0.15, 0.2) is 6.07 Å². The maximum absolute atomic E-state index is 12.7. The first-order valence-corrected chi connectivity index (χ1v) is 12.9. The second-order valence-electron chi connectivity index (χ2n) is 9.11. The van der Waals surface area contributed by atoms with Crippen molar-refractivity contribution in [3.05, 3.63) is 22.9 Å². The SMILES string of the molecule is CC(=O)O.CC(=O)O.COc1nc2c(cc1CN1C[C@H]3[C@H](N)CS(=O)(=O)[C@H]3C1)C(=O)N(C(C)C)C2. The Kier molecular flexibility index (Phi) is 9.20. The number of likely N-dealkylation sites (tertiary alicyclic amines) is 1. The summed E-state index contributed by atoms with van der Waals surface area (Å²) in [6, 6.07) is 1.66. The third kappa shape index (κ3) is 6.89. The highest BCUT2D eigenvalue weighted by atomic mass is 32.2. The van der Waals surface area contributed by atoms with Crippen LogP contribution in [0.4, 0.5) is 0 Å². The second-order valence-corrected chi connectivity index (χ2v) is 11.4. The number of fused-ring (bicyclic) bond motifs is 2. The number of carbonyl (C=O) groups is 3. The molecular weight excluding hydrogens is 480 g/mol. The lowest BCUT2D eigenvalue weighted by atomic mass is 10.0. The molecule has 0 aliphatic carbocycles. The van der Waals surface area contributed by atoms with E-state index in [2.05, 4.69) is 9.88 Å². The van der Waals surface area contributed by atoms with Crippen LogP contribution in [0.25, 0.3) is 0 Å². The van der Waals surface area contributed by atoms with Gasteiger partial charge in [0.25, 0.3) is 17.8 Å². The summed E-state index contributed by atoms with van der Waals surface area (Å²) >= 11 is 0. The van der Waals surface area contributed by atoms with Crippen LogP contribution >= 0.6 is 0 Å². The number of carboxylic acid groups (broad SMARTS) is 2. The fourth-order valence-electron chi connectivity index (χ4n) is 4.53. The molecule has 2 saturated heterocycles. The van der Waals surface area contributed by atoms with Gasteiger partial charge < -0.3 is 25.6 Å². The van der Waals surface area contributed by atoms with Crippen LogP contribution in [0.2, 0.25) is 0 Å². The van der Waals surface area contributed by atoms with Crippen LogP contribution in [-0.2, 0) is 32.5 Å². The fourth-order valence-corrected chi connectivity index (χ4v) is 6.82. The third-order valence-corrected chi connectivity index (χ3v) is 8.25. The molecular formula is C22H34N4O8S. The molecule has 4 N–H and O–H groups in total. The number of nitrogens with two attached hydrogens (primary N) is 1. The van der Waals surface area contributed by atoms with Crippen molar-refractivity contribution in [1.82, 2.24) is 14.8 Å². The Labute approximate surface area is 205 Å². The summed E-state index contributed by atoms with van der Waals surface area (Å²) in [7, 11) is -1.56. The van der Waals surface area contributed by atoms with E-state index in [4.69, 9.17) is 30.3 Å². The van der Waals surface area contributed by atoms with Crippen LogP contribution in [0.5, 0.6) is 5.88 Å². The topological polar surface area (TPSA) is 180 Å². The van der Waals surface area contributed by atoms with Gasteiger partial charge in [-0.15, -0.1) is 0 Å². The average molecular weight is 515 g/mol. The number of nitrogens with zero attached hydrogens (tertiary/aromatic N) is 3. The van der Waals surface area contributed by atoms with Crippen LogP contribution in [0.3, 0.4) is 0 Å². The molecule has 0 spiro atoms. The molecule has 1 aromatic rings. The highest BCUT2D eigenvalue weighted by Crippen LogP contribution is 2.35. The van der Waals surface area contributed by atoms with Gasteiger partial charge >= 0.3 is 0 Å². The first-order chi connectivity index (χ1) is 16.2. The molecule has 196 valence electrons. The van der Waals surface area contributed by atoms with Gasteiger partial charge in [0, 0.05) is 57.0 Å². The van der Waals surface area contributed by atoms with Crippen molar-refractivity contribution >= 4 is 27.7 Å². The molecule has 35 heavy (non-hydrogen) atoms. The van der Waals surface area contributed by atoms with Crippen LogP contribution in [0, 0.1) is 5.92 Å². The minimum Gasteiger partial charge on any atom is -0.481 e. The Morgan fingerprint density at radius 3 is 2.29 bits per heavy atom. The molecule has 4 heterocycles. The zero-order valence-electron chi connectivity index (χ0n) is 20.6. The first-order valence-electron chi connectivity index (χ1n) is 11.1. The van der Waals surface area contributed by atoms with Crippen molar-refractivity contribution in [1.29, 1.82) is 0 Å². The summed E-state index contributed by atoms with van der Waals surface area (Å²) in [6.45, 7) is 8.21. The van der Waals surface area contributed by atoms with E-state index in [1.165, 1.54) is 0 Å². The zero-order chi connectivity index (χ0) is 26.7. The summed E-state index contributed by atoms with van der Waals surface area (Å²) in [5, 5.41) is 14.4. The summed E-state index contributed by atoms with van der Waals surface area (Å²) in [6.07, 6.45) is 0. The van der Waals surface area contributed by atoms with Crippen LogP contribution < -0.4 is 10.5 Å². The number of carbonyl (C=O) groups excluding carboxylic acids is 1. The van der Waals surface area contributed by atoms with E-state index < -0.39 is 21.8 Å². The van der Waals surface area contributed by atoms with Crippen molar-refractivity contribution in [2.75, 3.05) is 26.0 Å². The normalized spacial score (nSPS) is 24.1. The van der Waals surface area contributed by atoms with E-state index in [1.807, 2.05) is 19.9 Å². The Balaban J connectivity index is 0.000000473. The number of amides is 1. The number of methoxy groups -OCH3 is 1. The summed E-state index contributed by atoms with van der Waals surface area (Å²) < 4.78 is 30.0. The van der Waals surface area contributed by atoms with Gasteiger partial charge in [-0.3, -0.25) is 19.3 Å². The minimum absolute atomic E-state index is 0.0145. The number of carboxylic acids is 2. The molecule has 1 aromatic heterocycles. The van der Waals surface area contributed by atoms with Gasteiger partial charge in [-0.05, 0) is 19.9 Å². The molecule has 3 aliphatic heterocycles. The fraction of sp³-hybridized carbons (Fsp3) is 0.636. The summed E-state index contributed by atoms with van der Waals surface area (Å²) in [5.41, 5.74) is 8.20. The predicted octanol–water partition coefficient (Wildman–Crippen LogP) is 0.192.